The molecule has 24 heavy (non-hydrogen) atoms. The minimum atomic E-state index is -3.56. The predicted octanol–water partition coefficient (Wildman–Crippen LogP) is 3.55. The number of hydrogen-bond donors (Lipinski definition) is 0. The number of thiophene rings is 1. The number of nitrogens with zero attached hydrogens (tertiary/aromatic N) is 2. The first-order valence-corrected chi connectivity index (χ1v) is 10.7. The molecule has 0 spiro atoms. The normalized spacial score (nSPS) is 17.8. The Morgan fingerprint density at radius 1 is 1.04 bits per heavy atom. The second kappa shape index (κ2) is 7.61. The molecule has 4 nitrogen and oxygen atoms in total. The van der Waals surface area contributed by atoms with Crippen LogP contribution in [0.15, 0.2) is 45.1 Å². The molecule has 1 aliphatic rings. The molecule has 0 saturated carbocycles. The van der Waals surface area contributed by atoms with E-state index < -0.39 is 15.8 Å². The van der Waals surface area contributed by atoms with E-state index in [2.05, 4.69) is 26.9 Å². The summed E-state index contributed by atoms with van der Waals surface area (Å²) in [5, 5.41) is 0. The first kappa shape index (κ1) is 18.0. The average Bonchev–Trinajstić information content (AvgIpc) is 2.81. The van der Waals surface area contributed by atoms with Crippen LogP contribution in [-0.4, -0.2) is 43.8 Å². The topological polar surface area (TPSA) is 40.6 Å². The smallest absolute Gasteiger partial charge is 0.243 e. The summed E-state index contributed by atoms with van der Waals surface area (Å²) >= 11 is 5.17. The highest BCUT2D eigenvalue weighted by molar-refractivity contribution is 9.11. The summed E-state index contributed by atoms with van der Waals surface area (Å²) in [6.45, 7) is 3.33. The first-order valence-electron chi connectivity index (χ1n) is 7.67. The van der Waals surface area contributed by atoms with Crippen LogP contribution in [0, 0.1) is 5.82 Å². The molecule has 1 aliphatic heterocycles. The summed E-state index contributed by atoms with van der Waals surface area (Å²) in [6, 6.07) is 9.15. The predicted molar refractivity (Wildman–Crippen MR) is 97.1 cm³/mol. The minimum Gasteiger partial charge on any atom is -0.297 e. The molecular formula is C16H18BrFN2O2S2. The lowest BCUT2D eigenvalue weighted by Crippen LogP contribution is -2.35. The van der Waals surface area contributed by atoms with Gasteiger partial charge in [0.25, 0.3) is 0 Å². The Balaban J connectivity index is 1.67. The third-order valence-electron chi connectivity index (χ3n) is 4.01. The van der Waals surface area contributed by atoms with E-state index in [1.807, 2.05) is 6.07 Å². The Labute approximate surface area is 154 Å². The van der Waals surface area contributed by atoms with Gasteiger partial charge in [-0.25, -0.2) is 12.8 Å². The maximum absolute atomic E-state index is 13.0. The molecule has 1 fully saturated rings. The van der Waals surface area contributed by atoms with Crippen LogP contribution in [-0.2, 0) is 16.6 Å². The van der Waals surface area contributed by atoms with Gasteiger partial charge in [-0.3, -0.25) is 4.90 Å². The lowest BCUT2D eigenvalue weighted by atomic mass is 10.3. The fourth-order valence-electron chi connectivity index (χ4n) is 2.76. The largest absolute Gasteiger partial charge is 0.297 e. The van der Waals surface area contributed by atoms with E-state index in [4.69, 9.17) is 0 Å². The molecule has 0 unspecified atom stereocenters. The summed E-state index contributed by atoms with van der Waals surface area (Å²) in [6.07, 6.45) is 0.785. The molecule has 3 rings (SSSR count). The fourth-order valence-corrected chi connectivity index (χ4v) is 5.75. The van der Waals surface area contributed by atoms with Crippen molar-refractivity contribution >= 4 is 37.3 Å². The summed E-state index contributed by atoms with van der Waals surface area (Å²) < 4.78 is 41.0. The molecule has 1 saturated heterocycles. The van der Waals surface area contributed by atoms with Crippen LogP contribution in [0.4, 0.5) is 4.39 Å². The Kier molecular flexibility index (Phi) is 5.71. The van der Waals surface area contributed by atoms with Crippen molar-refractivity contribution in [3.63, 3.8) is 0 Å². The first-order chi connectivity index (χ1) is 11.4. The quantitative estimate of drug-likeness (QED) is 0.741. The van der Waals surface area contributed by atoms with E-state index in [0.29, 0.717) is 19.6 Å². The highest BCUT2D eigenvalue weighted by Crippen LogP contribution is 2.24. The number of sulfonamides is 1. The third-order valence-corrected chi connectivity index (χ3v) is 7.53. The zero-order chi connectivity index (χ0) is 17.2. The number of halogens is 2. The van der Waals surface area contributed by atoms with Crippen molar-refractivity contribution in [3.05, 3.63) is 50.9 Å². The van der Waals surface area contributed by atoms with Crippen molar-refractivity contribution in [1.82, 2.24) is 9.21 Å². The van der Waals surface area contributed by atoms with Crippen molar-refractivity contribution in [3.8, 4) is 0 Å². The highest BCUT2D eigenvalue weighted by atomic mass is 79.9. The second-order valence-corrected chi connectivity index (χ2v) is 10.2. The van der Waals surface area contributed by atoms with Crippen LogP contribution in [0.1, 0.15) is 11.3 Å². The van der Waals surface area contributed by atoms with Crippen LogP contribution < -0.4 is 0 Å². The Morgan fingerprint density at radius 3 is 2.46 bits per heavy atom. The summed E-state index contributed by atoms with van der Waals surface area (Å²) in [7, 11) is -3.56. The zero-order valence-corrected chi connectivity index (χ0v) is 16.2. The van der Waals surface area contributed by atoms with E-state index in [9.17, 15) is 12.8 Å². The molecule has 0 aliphatic carbocycles. The van der Waals surface area contributed by atoms with Crippen molar-refractivity contribution in [2.75, 3.05) is 26.2 Å². The van der Waals surface area contributed by atoms with Gasteiger partial charge >= 0.3 is 0 Å². The van der Waals surface area contributed by atoms with Crippen molar-refractivity contribution in [2.24, 2.45) is 0 Å². The lowest BCUT2D eigenvalue weighted by Gasteiger charge is -2.21. The zero-order valence-electron chi connectivity index (χ0n) is 13.0. The van der Waals surface area contributed by atoms with Crippen LogP contribution in [0.25, 0.3) is 0 Å². The lowest BCUT2D eigenvalue weighted by molar-refractivity contribution is 0.281. The van der Waals surface area contributed by atoms with Gasteiger partial charge in [-0.15, -0.1) is 11.3 Å². The van der Waals surface area contributed by atoms with E-state index >= 15 is 0 Å². The van der Waals surface area contributed by atoms with Gasteiger partial charge in [-0.1, -0.05) is 0 Å². The number of hydrogen-bond acceptors (Lipinski definition) is 4. The molecule has 0 N–H and O–H groups in total. The fraction of sp³-hybridized carbons (Fsp3) is 0.375. The van der Waals surface area contributed by atoms with Crippen LogP contribution in [0.2, 0.25) is 0 Å². The maximum atomic E-state index is 13.0. The van der Waals surface area contributed by atoms with E-state index in [0.717, 1.165) is 23.3 Å². The highest BCUT2D eigenvalue weighted by Gasteiger charge is 2.27. The van der Waals surface area contributed by atoms with E-state index in [1.54, 1.807) is 11.3 Å². The molecule has 130 valence electrons. The minimum absolute atomic E-state index is 0.152. The van der Waals surface area contributed by atoms with Crippen molar-refractivity contribution in [1.29, 1.82) is 0 Å². The van der Waals surface area contributed by atoms with Gasteiger partial charge < -0.3 is 0 Å². The standard InChI is InChI=1S/C16H18BrFN2O2S2/c17-16-7-4-14(23-16)12-19-8-1-9-20(11-10-19)24(21,22)15-5-2-13(18)3-6-15/h2-7H,1,8-12H2. The number of benzene rings is 1. The molecule has 8 heteroatoms. The maximum Gasteiger partial charge on any atom is 0.243 e. The van der Waals surface area contributed by atoms with Crippen LogP contribution in [0.5, 0.6) is 0 Å². The Bertz CT molecular complexity index is 793. The summed E-state index contributed by atoms with van der Waals surface area (Å²) in [5.74, 6) is -0.432. The Hall–Kier alpha value is -0.800. The van der Waals surface area contributed by atoms with Gasteiger partial charge in [0.15, 0.2) is 0 Å². The van der Waals surface area contributed by atoms with Gasteiger partial charge in [0.2, 0.25) is 10.0 Å². The average molecular weight is 433 g/mol. The van der Waals surface area contributed by atoms with Gasteiger partial charge in [0, 0.05) is 31.1 Å². The third kappa shape index (κ3) is 4.23. The molecule has 0 amide bonds. The summed E-state index contributed by atoms with van der Waals surface area (Å²) in [4.78, 5) is 3.69. The molecule has 1 aromatic carbocycles. The Morgan fingerprint density at radius 2 is 1.79 bits per heavy atom. The van der Waals surface area contributed by atoms with Crippen molar-refractivity contribution < 1.29 is 12.8 Å². The summed E-state index contributed by atoms with van der Waals surface area (Å²) in [5.41, 5.74) is 0. The molecule has 0 atom stereocenters. The molecule has 0 radical (unpaired) electrons. The SMILES string of the molecule is O=S(=O)(c1ccc(F)cc1)N1CCCN(Cc2ccc(Br)s2)CC1. The monoisotopic (exact) mass is 432 g/mol. The van der Waals surface area contributed by atoms with Crippen molar-refractivity contribution in [2.45, 2.75) is 17.9 Å². The van der Waals surface area contributed by atoms with Gasteiger partial charge in [0.05, 0.1) is 8.68 Å². The molecule has 2 heterocycles. The molecule has 0 bridgehead atoms. The number of rotatable bonds is 4. The molecule has 2 aromatic rings. The van der Waals surface area contributed by atoms with E-state index in [-0.39, 0.29) is 4.90 Å². The second-order valence-electron chi connectivity index (χ2n) is 5.69. The van der Waals surface area contributed by atoms with E-state index in [1.165, 1.54) is 33.4 Å². The molecular weight excluding hydrogens is 415 g/mol. The van der Waals surface area contributed by atoms with Gasteiger partial charge in [-0.05, 0) is 65.3 Å². The van der Waals surface area contributed by atoms with Crippen LogP contribution in [0.3, 0.4) is 0 Å². The van der Waals surface area contributed by atoms with Crippen LogP contribution >= 0.6 is 27.3 Å². The van der Waals surface area contributed by atoms with Gasteiger partial charge in [-0.2, -0.15) is 4.31 Å². The van der Waals surface area contributed by atoms with Gasteiger partial charge in [0.1, 0.15) is 5.82 Å². The molecule has 1 aromatic heterocycles.